The molecule has 1 aliphatic carbocycles. The Hall–Kier alpha value is -0.440. The molecule has 0 radical (unpaired) electrons. The van der Waals surface area contributed by atoms with Crippen LogP contribution in [0.2, 0.25) is 0 Å². The SMILES string of the molecule is C#C.CC1CCCC1.CCC. The van der Waals surface area contributed by atoms with Crippen molar-refractivity contribution in [3.63, 3.8) is 0 Å². The molecule has 0 aromatic rings. The van der Waals surface area contributed by atoms with Crippen LogP contribution in [0, 0.1) is 18.8 Å². The Bertz CT molecular complexity index is 65.4. The van der Waals surface area contributed by atoms with Crippen LogP contribution in [0.1, 0.15) is 52.9 Å². The van der Waals surface area contributed by atoms with Crippen LogP contribution in [0.15, 0.2) is 0 Å². The molecule has 0 aromatic heterocycles. The van der Waals surface area contributed by atoms with Gasteiger partial charge in [-0.15, -0.1) is 12.8 Å². The molecule has 0 unspecified atom stereocenters. The van der Waals surface area contributed by atoms with E-state index in [0.29, 0.717) is 0 Å². The first-order valence-corrected chi connectivity index (χ1v) is 4.64. The summed E-state index contributed by atoms with van der Waals surface area (Å²) in [5, 5.41) is 0. The number of terminal acetylenes is 1. The van der Waals surface area contributed by atoms with Gasteiger partial charge >= 0.3 is 0 Å². The van der Waals surface area contributed by atoms with Crippen molar-refractivity contribution in [3.05, 3.63) is 0 Å². The lowest BCUT2D eigenvalue weighted by atomic mass is 10.2. The molecule has 11 heavy (non-hydrogen) atoms. The highest BCUT2D eigenvalue weighted by Gasteiger charge is 2.07. The Labute approximate surface area is 72.4 Å². The first kappa shape index (κ1) is 13.2. The van der Waals surface area contributed by atoms with Crippen LogP contribution in [-0.2, 0) is 0 Å². The van der Waals surface area contributed by atoms with Crippen LogP contribution in [0.25, 0.3) is 0 Å². The third-order valence-electron chi connectivity index (χ3n) is 1.64. The standard InChI is InChI=1S/C6H12.C3H8.C2H2/c1-6-4-2-3-5-6;1-3-2;1-2/h6H,2-5H2,1H3;3H2,1-2H3;1-2H. The second-order valence-corrected chi connectivity index (χ2v) is 3.10. The third kappa shape index (κ3) is 12.7. The molecule has 66 valence electrons. The first-order chi connectivity index (χ1) is 5.31. The van der Waals surface area contributed by atoms with E-state index in [-0.39, 0.29) is 0 Å². The van der Waals surface area contributed by atoms with Gasteiger partial charge in [-0.1, -0.05) is 52.9 Å². The van der Waals surface area contributed by atoms with Crippen LogP contribution in [0.4, 0.5) is 0 Å². The van der Waals surface area contributed by atoms with Crippen LogP contribution in [0.3, 0.4) is 0 Å². The van der Waals surface area contributed by atoms with Gasteiger partial charge in [0.25, 0.3) is 0 Å². The highest BCUT2D eigenvalue weighted by Crippen LogP contribution is 2.22. The molecule has 0 saturated heterocycles. The Balaban J connectivity index is 0. The maximum Gasteiger partial charge on any atom is -0.0443 e. The van der Waals surface area contributed by atoms with Gasteiger partial charge in [0.15, 0.2) is 0 Å². The van der Waals surface area contributed by atoms with Gasteiger partial charge in [-0.2, -0.15) is 0 Å². The Morgan fingerprint density at radius 3 is 1.45 bits per heavy atom. The summed E-state index contributed by atoms with van der Waals surface area (Å²) in [5.74, 6) is 1.05. The summed E-state index contributed by atoms with van der Waals surface area (Å²) in [6.07, 6.45) is 15.2. The van der Waals surface area contributed by atoms with Crippen LogP contribution >= 0.6 is 0 Å². The molecular weight excluding hydrogens is 132 g/mol. The van der Waals surface area contributed by atoms with Crippen LogP contribution in [0.5, 0.6) is 0 Å². The van der Waals surface area contributed by atoms with E-state index in [1.807, 2.05) is 0 Å². The van der Waals surface area contributed by atoms with Gasteiger partial charge < -0.3 is 0 Å². The zero-order valence-electron chi connectivity index (χ0n) is 8.27. The molecule has 1 aliphatic rings. The van der Waals surface area contributed by atoms with E-state index < -0.39 is 0 Å². The fourth-order valence-electron chi connectivity index (χ4n) is 1.13. The number of hydrogen-bond donors (Lipinski definition) is 0. The van der Waals surface area contributed by atoms with Gasteiger partial charge in [-0.05, 0) is 5.92 Å². The van der Waals surface area contributed by atoms with Crippen LogP contribution < -0.4 is 0 Å². The molecule has 0 bridgehead atoms. The van der Waals surface area contributed by atoms with Crippen molar-refractivity contribution in [3.8, 4) is 12.8 Å². The lowest BCUT2D eigenvalue weighted by Crippen LogP contribution is -1.78. The summed E-state index contributed by atoms with van der Waals surface area (Å²) in [7, 11) is 0. The molecule has 0 aliphatic heterocycles. The minimum absolute atomic E-state index is 1.05. The summed E-state index contributed by atoms with van der Waals surface area (Å²) < 4.78 is 0. The molecule has 0 nitrogen and oxygen atoms in total. The average Bonchev–Trinajstić information content (AvgIpc) is 2.46. The van der Waals surface area contributed by atoms with E-state index in [0.717, 1.165) is 5.92 Å². The summed E-state index contributed by atoms with van der Waals surface area (Å²) in [5.41, 5.74) is 0. The minimum atomic E-state index is 1.05. The van der Waals surface area contributed by atoms with Gasteiger partial charge in [0, 0.05) is 0 Å². The molecular formula is C11H22. The number of rotatable bonds is 0. The predicted molar refractivity (Wildman–Crippen MR) is 53.5 cm³/mol. The second kappa shape index (κ2) is 12.3. The predicted octanol–water partition coefficient (Wildman–Crippen LogP) is 3.86. The summed E-state index contributed by atoms with van der Waals surface area (Å²) >= 11 is 0. The zero-order chi connectivity index (χ0) is 9.11. The number of hydrogen-bond acceptors (Lipinski definition) is 0. The van der Waals surface area contributed by atoms with Crippen molar-refractivity contribution in [2.24, 2.45) is 5.92 Å². The molecule has 0 N–H and O–H groups in total. The third-order valence-corrected chi connectivity index (χ3v) is 1.64. The highest BCUT2D eigenvalue weighted by molar-refractivity contribution is 4.60. The average molecular weight is 154 g/mol. The monoisotopic (exact) mass is 154 g/mol. The molecule has 0 aromatic carbocycles. The summed E-state index contributed by atoms with van der Waals surface area (Å²) in [6, 6.07) is 0. The molecule has 0 heteroatoms. The van der Waals surface area contributed by atoms with Gasteiger partial charge in [-0.3, -0.25) is 0 Å². The molecule has 1 saturated carbocycles. The van der Waals surface area contributed by atoms with Crippen molar-refractivity contribution in [2.75, 3.05) is 0 Å². The molecule has 0 spiro atoms. The lowest BCUT2D eigenvalue weighted by Gasteiger charge is -1.91. The van der Waals surface area contributed by atoms with E-state index in [9.17, 15) is 0 Å². The van der Waals surface area contributed by atoms with Crippen molar-refractivity contribution in [2.45, 2.75) is 52.9 Å². The van der Waals surface area contributed by atoms with E-state index in [1.165, 1.54) is 32.1 Å². The zero-order valence-corrected chi connectivity index (χ0v) is 8.27. The van der Waals surface area contributed by atoms with Gasteiger partial charge in [0.1, 0.15) is 0 Å². The molecule has 0 atom stereocenters. The van der Waals surface area contributed by atoms with Crippen molar-refractivity contribution >= 4 is 0 Å². The van der Waals surface area contributed by atoms with Gasteiger partial charge in [0.2, 0.25) is 0 Å². The minimum Gasteiger partial charge on any atom is -0.124 e. The Kier molecular flexibility index (Phi) is 14.7. The van der Waals surface area contributed by atoms with Crippen molar-refractivity contribution in [1.29, 1.82) is 0 Å². The van der Waals surface area contributed by atoms with Crippen LogP contribution in [-0.4, -0.2) is 0 Å². The van der Waals surface area contributed by atoms with Gasteiger partial charge in [-0.25, -0.2) is 0 Å². The molecule has 0 heterocycles. The molecule has 1 rings (SSSR count). The molecule has 1 fully saturated rings. The maximum absolute atomic E-state index is 4.00. The first-order valence-electron chi connectivity index (χ1n) is 4.64. The normalized spacial score (nSPS) is 15.7. The fourth-order valence-corrected chi connectivity index (χ4v) is 1.13. The lowest BCUT2D eigenvalue weighted by molar-refractivity contribution is 0.612. The van der Waals surface area contributed by atoms with Gasteiger partial charge in [0.05, 0.1) is 0 Å². The van der Waals surface area contributed by atoms with Crippen molar-refractivity contribution < 1.29 is 0 Å². The van der Waals surface area contributed by atoms with E-state index in [1.54, 1.807) is 0 Å². The smallest absolute Gasteiger partial charge is 0.0443 e. The quantitative estimate of drug-likeness (QED) is 0.465. The topological polar surface area (TPSA) is 0 Å². The Morgan fingerprint density at radius 2 is 1.36 bits per heavy atom. The maximum atomic E-state index is 4.00. The largest absolute Gasteiger partial charge is 0.124 e. The van der Waals surface area contributed by atoms with E-state index in [2.05, 4.69) is 33.6 Å². The fraction of sp³-hybridized carbons (Fsp3) is 0.818. The van der Waals surface area contributed by atoms with E-state index >= 15 is 0 Å². The second-order valence-electron chi connectivity index (χ2n) is 3.10. The highest BCUT2D eigenvalue weighted by atomic mass is 14.1. The van der Waals surface area contributed by atoms with E-state index in [4.69, 9.17) is 0 Å². The molecule has 0 amide bonds. The summed E-state index contributed by atoms with van der Waals surface area (Å²) in [4.78, 5) is 0. The van der Waals surface area contributed by atoms with Crippen molar-refractivity contribution in [1.82, 2.24) is 0 Å². The summed E-state index contributed by atoms with van der Waals surface area (Å²) in [6.45, 7) is 6.59. The Morgan fingerprint density at radius 1 is 1.09 bits per heavy atom.